The van der Waals surface area contributed by atoms with E-state index in [1.165, 1.54) is 25.7 Å². The van der Waals surface area contributed by atoms with Gasteiger partial charge in [-0.25, -0.2) is 0 Å². The van der Waals surface area contributed by atoms with Crippen LogP contribution in [0.25, 0.3) is 0 Å². The zero-order chi connectivity index (χ0) is 12.1. The highest BCUT2D eigenvalue weighted by atomic mass is 14.9. The third-order valence-corrected chi connectivity index (χ3v) is 3.46. The van der Waals surface area contributed by atoms with E-state index in [9.17, 15) is 0 Å². The van der Waals surface area contributed by atoms with Gasteiger partial charge in [0.1, 0.15) is 0 Å². The van der Waals surface area contributed by atoms with Crippen molar-refractivity contribution in [1.29, 1.82) is 0 Å². The van der Waals surface area contributed by atoms with E-state index in [-0.39, 0.29) is 6.04 Å². The molecule has 0 saturated carbocycles. The summed E-state index contributed by atoms with van der Waals surface area (Å²) in [7, 11) is 1.99. The molecule has 0 aromatic carbocycles. The van der Waals surface area contributed by atoms with Crippen LogP contribution in [0.4, 0.5) is 5.69 Å². The number of hydrogen-bond acceptors (Lipinski definition) is 3. The third-order valence-electron chi connectivity index (χ3n) is 3.46. The molecule has 0 fully saturated rings. The van der Waals surface area contributed by atoms with E-state index < -0.39 is 0 Å². The number of aromatic nitrogens is 1. The summed E-state index contributed by atoms with van der Waals surface area (Å²) in [6.07, 6.45) is 12.2. The van der Waals surface area contributed by atoms with Crippen LogP contribution in [0, 0.1) is 0 Å². The van der Waals surface area contributed by atoms with Crippen molar-refractivity contribution in [3.05, 3.63) is 35.7 Å². The quantitative estimate of drug-likeness (QED) is 0.783. The van der Waals surface area contributed by atoms with Gasteiger partial charge in [-0.2, -0.15) is 0 Å². The van der Waals surface area contributed by atoms with Gasteiger partial charge in [-0.05, 0) is 45.2 Å². The van der Waals surface area contributed by atoms with Crippen LogP contribution < -0.4 is 11.1 Å². The number of nitrogens with one attached hydrogen (secondary N) is 1. The molecule has 1 aromatic rings. The van der Waals surface area contributed by atoms with Crippen molar-refractivity contribution in [3.63, 3.8) is 0 Å². The van der Waals surface area contributed by atoms with Gasteiger partial charge in [-0.15, -0.1) is 0 Å². The Hall–Kier alpha value is -1.35. The molecule has 1 heterocycles. The molecule has 1 atom stereocenters. The van der Waals surface area contributed by atoms with Crippen molar-refractivity contribution >= 4 is 5.69 Å². The second-order valence-corrected chi connectivity index (χ2v) is 4.66. The van der Waals surface area contributed by atoms with Crippen LogP contribution in [0.2, 0.25) is 0 Å². The van der Waals surface area contributed by atoms with Crippen LogP contribution in [0.15, 0.2) is 30.1 Å². The molecular weight excluding hydrogens is 210 g/mol. The van der Waals surface area contributed by atoms with Crippen LogP contribution in [0.1, 0.15) is 43.7 Å². The lowest BCUT2D eigenvalue weighted by atomic mass is 9.91. The first-order valence-corrected chi connectivity index (χ1v) is 6.36. The highest BCUT2D eigenvalue weighted by Gasteiger charge is 2.15. The standard InChI is InChI=1S/C14H21N3/c1-16-14(9-11-5-3-2-4-6-11)12-10-17-8-7-13(12)15/h5,7-8,10,14,16H,2-4,6,9H2,1H3,(H2,15,17). The summed E-state index contributed by atoms with van der Waals surface area (Å²) >= 11 is 0. The largest absolute Gasteiger partial charge is 0.398 e. The molecule has 0 radical (unpaired) electrons. The van der Waals surface area contributed by atoms with Crippen LogP contribution in [0.5, 0.6) is 0 Å². The monoisotopic (exact) mass is 231 g/mol. The second-order valence-electron chi connectivity index (χ2n) is 4.66. The lowest BCUT2D eigenvalue weighted by molar-refractivity contribution is 0.559. The normalized spacial score (nSPS) is 17.6. The van der Waals surface area contributed by atoms with Crippen molar-refractivity contribution in [2.24, 2.45) is 0 Å². The Morgan fingerprint density at radius 3 is 3.00 bits per heavy atom. The van der Waals surface area contributed by atoms with Gasteiger partial charge in [0.2, 0.25) is 0 Å². The minimum Gasteiger partial charge on any atom is -0.398 e. The first-order valence-electron chi connectivity index (χ1n) is 6.36. The van der Waals surface area contributed by atoms with Crippen molar-refractivity contribution in [2.45, 2.75) is 38.1 Å². The molecule has 3 nitrogen and oxygen atoms in total. The van der Waals surface area contributed by atoms with Gasteiger partial charge in [0, 0.05) is 29.7 Å². The van der Waals surface area contributed by atoms with Crippen LogP contribution in [-0.4, -0.2) is 12.0 Å². The fraction of sp³-hybridized carbons (Fsp3) is 0.500. The maximum atomic E-state index is 6.00. The zero-order valence-electron chi connectivity index (χ0n) is 10.4. The SMILES string of the molecule is CNC(CC1=CCCCC1)c1cnccc1N. The topological polar surface area (TPSA) is 50.9 Å². The Morgan fingerprint density at radius 2 is 2.35 bits per heavy atom. The van der Waals surface area contributed by atoms with Gasteiger partial charge in [0.25, 0.3) is 0 Å². The number of rotatable bonds is 4. The number of pyridine rings is 1. The maximum absolute atomic E-state index is 6.00. The Labute approximate surface area is 103 Å². The number of nitrogens with two attached hydrogens (primary N) is 1. The van der Waals surface area contributed by atoms with Gasteiger partial charge in [0.05, 0.1) is 0 Å². The summed E-state index contributed by atoms with van der Waals surface area (Å²) in [4.78, 5) is 4.17. The predicted molar refractivity (Wildman–Crippen MR) is 71.6 cm³/mol. The summed E-state index contributed by atoms with van der Waals surface area (Å²) in [5.41, 5.74) is 9.50. The van der Waals surface area contributed by atoms with E-state index in [0.29, 0.717) is 0 Å². The van der Waals surface area contributed by atoms with Gasteiger partial charge in [0.15, 0.2) is 0 Å². The number of hydrogen-bond donors (Lipinski definition) is 2. The molecule has 0 saturated heterocycles. The molecular formula is C14H21N3. The number of allylic oxidation sites excluding steroid dienone is 1. The first kappa shape index (κ1) is 12.1. The highest BCUT2D eigenvalue weighted by molar-refractivity contribution is 5.46. The van der Waals surface area contributed by atoms with Crippen LogP contribution >= 0.6 is 0 Å². The van der Waals surface area contributed by atoms with E-state index in [1.807, 2.05) is 19.3 Å². The van der Waals surface area contributed by atoms with E-state index in [2.05, 4.69) is 16.4 Å². The molecule has 2 rings (SSSR count). The lowest BCUT2D eigenvalue weighted by Crippen LogP contribution is -2.19. The van der Waals surface area contributed by atoms with Crippen molar-refractivity contribution < 1.29 is 0 Å². The Kier molecular flexibility index (Phi) is 4.15. The second kappa shape index (κ2) is 5.82. The maximum Gasteiger partial charge on any atom is 0.0393 e. The number of nitrogen functional groups attached to an aromatic ring is 1. The number of anilines is 1. The van der Waals surface area contributed by atoms with Crippen LogP contribution in [-0.2, 0) is 0 Å². The average molecular weight is 231 g/mol. The van der Waals surface area contributed by atoms with Gasteiger partial charge in [-0.1, -0.05) is 11.6 Å². The molecule has 1 aromatic heterocycles. The molecule has 0 aliphatic heterocycles. The molecule has 92 valence electrons. The molecule has 3 N–H and O–H groups in total. The first-order chi connectivity index (χ1) is 8.31. The third kappa shape index (κ3) is 3.07. The van der Waals surface area contributed by atoms with Gasteiger partial charge in [-0.3, -0.25) is 4.98 Å². The van der Waals surface area contributed by atoms with Crippen molar-refractivity contribution in [2.75, 3.05) is 12.8 Å². The Morgan fingerprint density at radius 1 is 1.47 bits per heavy atom. The molecule has 1 aliphatic carbocycles. The lowest BCUT2D eigenvalue weighted by Gasteiger charge is -2.21. The summed E-state index contributed by atoms with van der Waals surface area (Å²) in [5, 5.41) is 3.35. The summed E-state index contributed by atoms with van der Waals surface area (Å²) in [6.45, 7) is 0. The Bertz CT molecular complexity index is 398. The average Bonchev–Trinajstić information content (AvgIpc) is 2.38. The summed E-state index contributed by atoms with van der Waals surface area (Å²) in [5.74, 6) is 0. The van der Waals surface area contributed by atoms with E-state index in [4.69, 9.17) is 5.73 Å². The number of nitrogens with zero attached hydrogens (tertiary/aromatic N) is 1. The van der Waals surface area contributed by atoms with Gasteiger partial charge >= 0.3 is 0 Å². The minimum absolute atomic E-state index is 0.285. The van der Waals surface area contributed by atoms with Gasteiger partial charge < -0.3 is 11.1 Å². The predicted octanol–water partition coefficient (Wildman–Crippen LogP) is 2.81. The van der Waals surface area contributed by atoms with Crippen LogP contribution in [0.3, 0.4) is 0 Å². The van der Waals surface area contributed by atoms with E-state index >= 15 is 0 Å². The van der Waals surface area contributed by atoms with Crippen molar-refractivity contribution in [1.82, 2.24) is 10.3 Å². The summed E-state index contributed by atoms with van der Waals surface area (Å²) in [6, 6.07) is 2.16. The van der Waals surface area contributed by atoms with Crippen molar-refractivity contribution in [3.8, 4) is 0 Å². The zero-order valence-corrected chi connectivity index (χ0v) is 10.4. The van der Waals surface area contributed by atoms with E-state index in [0.717, 1.165) is 17.7 Å². The molecule has 0 spiro atoms. The molecule has 0 bridgehead atoms. The molecule has 1 aliphatic rings. The fourth-order valence-electron chi connectivity index (χ4n) is 2.43. The highest BCUT2D eigenvalue weighted by Crippen LogP contribution is 2.29. The fourth-order valence-corrected chi connectivity index (χ4v) is 2.43. The molecule has 0 amide bonds. The summed E-state index contributed by atoms with van der Waals surface area (Å²) < 4.78 is 0. The molecule has 17 heavy (non-hydrogen) atoms. The molecule has 1 unspecified atom stereocenters. The van der Waals surface area contributed by atoms with E-state index in [1.54, 1.807) is 11.8 Å². The smallest absolute Gasteiger partial charge is 0.0393 e. The Balaban J connectivity index is 2.11. The minimum atomic E-state index is 0.285. The molecule has 3 heteroatoms.